The molecule has 0 aromatic carbocycles. The normalized spacial score (nSPS) is 13.0. The van der Waals surface area contributed by atoms with Crippen LogP contribution in [0.3, 0.4) is 0 Å². The number of aliphatic carboxylic acids is 1. The monoisotopic (exact) mass is 242 g/mol. The molecule has 1 aromatic rings. The summed E-state index contributed by atoms with van der Waals surface area (Å²) in [6.45, 7) is 4.78. The number of aromatic nitrogens is 1. The highest BCUT2D eigenvalue weighted by Gasteiger charge is 2.17. The maximum Gasteiger partial charge on any atom is 0.304 e. The van der Waals surface area contributed by atoms with Gasteiger partial charge in [0.1, 0.15) is 0 Å². The van der Waals surface area contributed by atoms with E-state index in [1.54, 1.807) is 11.3 Å². The molecule has 1 rings (SSSR count). The van der Waals surface area contributed by atoms with Crippen molar-refractivity contribution >= 4 is 17.3 Å². The van der Waals surface area contributed by atoms with Crippen LogP contribution in [-0.2, 0) is 11.3 Å². The van der Waals surface area contributed by atoms with Gasteiger partial charge in [-0.3, -0.25) is 9.69 Å². The third-order valence-electron chi connectivity index (χ3n) is 2.74. The second-order valence-electron chi connectivity index (χ2n) is 3.94. The maximum atomic E-state index is 10.7. The van der Waals surface area contributed by atoms with Gasteiger partial charge < -0.3 is 5.11 Å². The van der Waals surface area contributed by atoms with Gasteiger partial charge in [-0.2, -0.15) is 0 Å². The fourth-order valence-electron chi connectivity index (χ4n) is 1.65. The van der Waals surface area contributed by atoms with Gasteiger partial charge >= 0.3 is 5.97 Å². The number of nitrogens with zero attached hydrogens (tertiary/aromatic N) is 2. The van der Waals surface area contributed by atoms with E-state index in [-0.39, 0.29) is 12.5 Å². The van der Waals surface area contributed by atoms with E-state index in [1.165, 1.54) is 4.88 Å². The van der Waals surface area contributed by atoms with Gasteiger partial charge in [-0.15, -0.1) is 11.3 Å². The van der Waals surface area contributed by atoms with Gasteiger partial charge in [0.15, 0.2) is 0 Å². The van der Waals surface area contributed by atoms with Crippen molar-refractivity contribution < 1.29 is 9.90 Å². The molecule has 0 fully saturated rings. The first kappa shape index (κ1) is 13.1. The molecular weight excluding hydrogens is 224 g/mol. The van der Waals surface area contributed by atoms with Crippen LogP contribution < -0.4 is 0 Å². The van der Waals surface area contributed by atoms with Crippen LogP contribution in [0.5, 0.6) is 0 Å². The Hall–Kier alpha value is -0.940. The molecule has 0 spiro atoms. The highest BCUT2D eigenvalue weighted by molar-refractivity contribution is 7.09. The predicted molar refractivity (Wildman–Crippen MR) is 64.6 cm³/mol. The Kier molecular flexibility index (Phi) is 4.89. The van der Waals surface area contributed by atoms with Gasteiger partial charge in [-0.05, 0) is 20.4 Å². The number of carbonyl (C=O) groups is 1. The molecule has 0 bridgehead atoms. The minimum Gasteiger partial charge on any atom is -0.481 e. The third kappa shape index (κ3) is 3.57. The molecule has 0 aliphatic heterocycles. The lowest BCUT2D eigenvalue weighted by molar-refractivity contribution is -0.138. The predicted octanol–water partition coefficient (Wildman–Crippen LogP) is 2.14. The fraction of sp³-hybridized carbons (Fsp3) is 0.636. The highest BCUT2D eigenvalue weighted by Crippen LogP contribution is 2.17. The molecular formula is C11H18N2O2S. The largest absolute Gasteiger partial charge is 0.481 e. The zero-order valence-electron chi connectivity index (χ0n) is 9.93. The lowest BCUT2D eigenvalue weighted by Gasteiger charge is -2.25. The van der Waals surface area contributed by atoms with Gasteiger partial charge in [0, 0.05) is 17.5 Å². The summed E-state index contributed by atoms with van der Waals surface area (Å²) in [5.74, 6) is -0.736. The van der Waals surface area contributed by atoms with Gasteiger partial charge in [-0.25, -0.2) is 4.98 Å². The van der Waals surface area contributed by atoms with Crippen LogP contribution in [0.1, 0.15) is 30.3 Å². The van der Waals surface area contributed by atoms with Crippen molar-refractivity contribution in [1.82, 2.24) is 9.88 Å². The van der Waals surface area contributed by atoms with E-state index >= 15 is 0 Å². The lowest BCUT2D eigenvalue weighted by atomic mass is 10.1. The first-order valence-corrected chi connectivity index (χ1v) is 6.23. The van der Waals surface area contributed by atoms with Crippen molar-refractivity contribution in [3.63, 3.8) is 0 Å². The zero-order chi connectivity index (χ0) is 12.1. The lowest BCUT2D eigenvalue weighted by Crippen LogP contribution is -2.32. The number of carboxylic acids is 1. The number of rotatable bonds is 6. The smallest absolute Gasteiger partial charge is 0.304 e. The number of hydrogen-bond donors (Lipinski definition) is 1. The first-order chi connectivity index (χ1) is 7.54. The SMILES string of the molecule is CCC(CC(=O)O)N(C)Cc1scnc1C. The number of thiazole rings is 1. The standard InChI is InChI=1S/C11H18N2O2S/c1-4-9(5-11(14)15)13(3)6-10-8(2)12-7-16-10/h7,9H,4-6H2,1-3H3,(H,14,15). The molecule has 0 radical (unpaired) electrons. The Balaban J connectivity index is 2.59. The van der Waals surface area contributed by atoms with E-state index in [4.69, 9.17) is 5.11 Å². The minimum absolute atomic E-state index is 0.0963. The first-order valence-electron chi connectivity index (χ1n) is 5.35. The van der Waals surface area contributed by atoms with Crippen molar-refractivity contribution in [1.29, 1.82) is 0 Å². The number of carboxylic acid groups (broad SMARTS) is 1. The van der Waals surface area contributed by atoms with Crippen LogP contribution in [0.15, 0.2) is 5.51 Å². The Morgan fingerprint density at radius 1 is 1.69 bits per heavy atom. The maximum absolute atomic E-state index is 10.7. The molecule has 0 aliphatic carbocycles. The summed E-state index contributed by atoms with van der Waals surface area (Å²) in [5.41, 5.74) is 2.87. The Morgan fingerprint density at radius 3 is 2.81 bits per heavy atom. The van der Waals surface area contributed by atoms with Crippen LogP contribution in [-0.4, -0.2) is 34.0 Å². The van der Waals surface area contributed by atoms with E-state index in [2.05, 4.69) is 9.88 Å². The molecule has 4 nitrogen and oxygen atoms in total. The van der Waals surface area contributed by atoms with Crippen LogP contribution >= 0.6 is 11.3 Å². The van der Waals surface area contributed by atoms with Crippen LogP contribution in [0.25, 0.3) is 0 Å². The summed E-state index contributed by atoms with van der Waals surface area (Å²) < 4.78 is 0. The molecule has 90 valence electrons. The van der Waals surface area contributed by atoms with Crippen molar-refractivity contribution in [2.75, 3.05) is 7.05 Å². The summed E-state index contributed by atoms with van der Waals surface area (Å²) in [6.07, 6.45) is 1.05. The molecule has 16 heavy (non-hydrogen) atoms. The summed E-state index contributed by atoms with van der Waals surface area (Å²) in [4.78, 5) is 18.2. The average molecular weight is 242 g/mol. The van der Waals surface area contributed by atoms with Gasteiger partial charge in [-0.1, -0.05) is 6.92 Å². The van der Waals surface area contributed by atoms with Crippen LogP contribution in [0.4, 0.5) is 0 Å². The van der Waals surface area contributed by atoms with Crippen molar-refractivity contribution in [2.24, 2.45) is 0 Å². The van der Waals surface area contributed by atoms with E-state index in [9.17, 15) is 4.79 Å². The molecule has 0 aliphatic rings. The second kappa shape index (κ2) is 5.96. The van der Waals surface area contributed by atoms with Gasteiger partial charge in [0.05, 0.1) is 17.6 Å². The van der Waals surface area contributed by atoms with Crippen molar-refractivity contribution in [3.8, 4) is 0 Å². The number of aryl methyl sites for hydroxylation is 1. The van der Waals surface area contributed by atoms with Gasteiger partial charge in [0.25, 0.3) is 0 Å². The zero-order valence-corrected chi connectivity index (χ0v) is 10.8. The van der Waals surface area contributed by atoms with E-state index in [0.717, 1.165) is 18.7 Å². The summed E-state index contributed by atoms with van der Waals surface area (Å²) >= 11 is 1.62. The highest BCUT2D eigenvalue weighted by atomic mass is 32.1. The molecule has 1 atom stereocenters. The van der Waals surface area contributed by atoms with Crippen LogP contribution in [0, 0.1) is 6.92 Å². The topological polar surface area (TPSA) is 53.4 Å². The van der Waals surface area contributed by atoms with Crippen molar-refractivity contribution in [2.45, 2.75) is 39.3 Å². The quantitative estimate of drug-likeness (QED) is 0.830. The summed E-state index contributed by atoms with van der Waals surface area (Å²) in [6, 6.07) is 0.0963. The van der Waals surface area contributed by atoms with Crippen LogP contribution in [0.2, 0.25) is 0 Å². The fourth-order valence-corrected chi connectivity index (χ4v) is 2.49. The molecule has 5 heteroatoms. The Bertz CT molecular complexity index is 352. The van der Waals surface area contributed by atoms with Crippen molar-refractivity contribution in [3.05, 3.63) is 16.1 Å². The minimum atomic E-state index is -0.736. The molecule has 1 unspecified atom stereocenters. The molecule has 0 amide bonds. The molecule has 1 heterocycles. The summed E-state index contributed by atoms with van der Waals surface area (Å²) in [5, 5.41) is 8.81. The van der Waals surface area contributed by atoms with E-state index < -0.39 is 5.97 Å². The third-order valence-corrected chi connectivity index (χ3v) is 3.66. The van der Waals surface area contributed by atoms with E-state index in [0.29, 0.717) is 0 Å². The molecule has 1 aromatic heterocycles. The summed E-state index contributed by atoms with van der Waals surface area (Å²) in [7, 11) is 1.97. The molecule has 1 N–H and O–H groups in total. The number of hydrogen-bond acceptors (Lipinski definition) is 4. The van der Waals surface area contributed by atoms with Gasteiger partial charge in [0.2, 0.25) is 0 Å². The molecule has 0 saturated heterocycles. The Labute approximate surface area is 99.9 Å². The average Bonchev–Trinajstić information content (AvgIpc) is 2.60. The Morgan fingerprint density at radius 2 is 2.38 bits per heavy atom. The van der Waals surface area contributed by atoms with E-state index in [1.807, 2.05) is 26.4 Å². The second-order valence-corrected chi connectivity index (χ2v) is 4.88. The molecule has 0 saturated carbocycles.